The molecule has 1 atom stereocenters. The van der Waals surface area contributed by atoms with Crippen LogP contribution >= 0.6 is 0 Å². The van der Waals surface area contributed by atoms with Crippen LogP contribution in [0.25, 0.3) is 0 Å². The SMILES string of the molecule is CCCCC/C=C\C/C=C\CCCCCCCC(=O)OCC(COC(=O)CCC(OCCCCCCCC)OCCCCCCCC)COC(=O)OC1CN(C)C1. The van der Waals surface area contributed by atoms with Gasteiger partial charge in [0, 0.05) is 39.1 Å². The number of carbonyl (C=O) groups is 3. The van der Waals surface area contributed by atoms with E-state index in [0.29, 0.717) is 39.1 Å². The number of rotatable bonds is 40. The molecule has 1 unspecified atom stereocenters. The van der Waals surface area contributed by atoms with Crippen LogP contribution in [0.15, 0.2) is 24.3 Å². The highest BCUT2D eigenvalue weighted by Crippen LogP contribution is 2.15. The molecule has 1 aliphatic rings. The van der Waals surface area contributed by atoms with Gasteiger partial charge in [-0.15, -0.1) is 0 Å². The lowest BCUT2D eigenvalue weighted by atomic mass is 10.1. The van der Waals surface area contributed by atoms with Crippen LogP contribution < -0.4 is 0 Å². The number of likely N-dealkylation sites (N-methyl/N-ethyl adjacent to an activating group) is 1. The van der Waals surface area contributed by atoms with Crippen molar-refractivity contribution in [3.05, 3.63) is 24.3 Å². The van der Waals surface area contributed by atoms with Crippen LogP contribution in [0.1, 0.15) is 188 Å². The van der Waals surface area contributed by atoms with Gasteiger partial charge in [-0.05, 0) is 58.4 Å². The van der Waals surface area contributed by atoms with Gasteiger partial charge in [-0.2, -0.15) is 0 Å². The summed E-state index contributed by atoms with van der Waals surface area (Å²) in [6.45, 7) is 9.05. The van der Waals surface area contributed by atoms with Crippen LogP contribution in [0.3, 0.4) is 0 Å². The van der Waals surface area contributed by atoms with Crippen molar-refractivity contribution in [2.45, 2.75) is 200 Å². The first-order chi connectivity index (χ1) is 27.9. The molecule has 1 aliphatic heterocycles. The zero-order valence-corrected chi connectivity index (χ0v) is 37.0. The Balaban J connectivity index is 2.45. The van der Waals surface area contributed by atoms with Crippen molar-refractivity contribution >= 4 is 18.1 Å². The van der Waals surface area contributed by atoms with E-state index in [-0.39, 0.29) is 38.3 Å². The Bertz CT molecular complexity index is 995. The van der Waals surface area contributed by atoms with Crippen molar-refractivity contribution in [1.29, 1.82) is 0 Å². The van der Waals surface area contributed by atoms with E-state index in [1.165, 1.54) is 77.0 Å². The second-order valence-corrected chi connectivity index (χ2v) is 16.0. The first kappa shape index (κ1) is 52.6. The van der Waals surface area contributed by atoms with Gasteiger partial charge in [-0.3, -0.25) is 14.5 Å². The molecule has 0 aromatic heterocycles. The van der Waals surface area contributed by atoms with Gasteiger partial charge in [0.2, 0.25) is 0 Å². The summed E-state index contributed by atoms with van der Waals surface area (Å²) in [6, 6.07) is 0. The van der Waals surface area contributed by atoms with E-state index < -0.39 is 24.3 Å². The molecule has 0 aromatic rings. The summed E-state index contributed by atoms with van der Waals surface area (Å²) in [6.07, 6.45) is 34.8. The second-order valence-electron chi connectivity index (χ2n) is 16.0. The highest BCUT2D eigenvalue weighted by molar-refractivity contribution is 5.69. The molecule has 0 amide bonds. The minimum Gasteiger partial charge on any atom is -0.465 e. The predicted octanol–water partition coefficient (Wildman–Crippen LogP) is 11.8. The molecule has 1 saturated heterocycles. The average molecular weight is 808 g/mol. The third-order valence-corrected chi connectivity index (χ3v) is 10.2. The van der Waals surface area contributed by atoms with Crippen LogP contribution in [-0.4, -0.2) is 88.6 Å². The fourth-order valence-corrected chi connectivity index (χ4v) is 6.51. The van der Waals surface area contributed by atoms with Crippen molar-refractivity contribution in [2.24, 2.45) is 5.92 Å². The van der Waals surface area contributed by atoms with Crippen LogP contribution in [0.2, 0.25) is 0 Å². The summed E-state index contributed by atoms with van der Waals surface area (Å²) in [5.41, 5.74) is 0. The van der Waals surface area contributed by atoms with Gasteiger partial charge in [0.1, 0.15) is 25.9 Å². The van der Waals surface area contributed by atoms with Crippen LogP contribution in [0.4, 0.5) is 4.79 Å². The lowest BCUT2D eigenvalue weighted by Crippen LogP contribution is -2.50. The topological polar surface area (TPSA) is 110 Å². The number of ether oxygens (including phenoxy) is 6. The number of likely N-dealkylation sites (tertiary alicyclic amines) is 1. The quantitative estimate of drug-likeness (QED) is 0.0195. The smallest absolute Gasteiger partial charge is 0.465 e. The zero-order chi connectivity index (χ0) is 41.4. The third kappa shape index (κ3) is 34.2. The molecule has 0 bridgehead atoms. The number of hydrogen-bond donors (Lipinski definition) is 0. The Hall–Kier alpha value is -2.43. The maximum Gasteiger partial charge on any atom is 0.508 e. The molecule has 1 rings (SSSR count). The fourth-order valence-electron chi connectivity index (χ4n) is 6.51. The highest BCUT2D eigenvalue weighted by atomic mass is 16.7. The minimum atomic E-state index is -0.770. The maximum atomic E-state index is 12.9. The van der Waals surface area contributed by atoms with Gasteiger partial charge in [0.15, 0.2) is 6.29 Å². The standard InChI is InChI=1S/C47H85NO9/c1-5-8-11-14-17-18-19-20-21-22-23-24-25-26-29-32-44(49)54-39-42(41-56-47(51)57-43-37-48(4)38-43)40-55-45(50)33-34-46(52-35-30-27-15-12-9-6-2)53-36-31-28-16-13-10-7-3/h17-18,20-21,42-43,46H,5-16,19,22-41H2,1-4H3/b18-17-,21-20-. The van der Waals surface area contributed by atoms with Crippen molar-refractivity contribution in [2.75, 3.05) is 53.2 Å². The number of carbonyl (C=O) groups excluding carboxylic acids is 3. The van der Waals surface area contributed by atoms with Crippen LogP contribution in [0, 0.1) is 5.92 Å². The van der Waals surface area contributed by atoms with Crippen molar-refractivity contribution < 1.29 is 42.8 Å². The molecule has 332 valence electrons. The van der Waals surface area contributed by atoms with E-state index in [9.17, 15) is 14.4 Å². The van der Waals surface area contributed by atoms with Crippen molar-refractivity contribution in [3.63, 3.8) is 0 Å². The van der Waals surface area contributed by atoms with Gasteiger partial charge < -0.3 is 28.4 Å². The Morgan fingerprint density at radius 3 is 1.58 bits per heavy atom. The zero-order valence-electron chi connectivity index (χ0n) is 37.0. The lowest BCUT2D eigenvalue weighted by molar-refractivity contribution is -0.161. The third-order valence-electron chi connectivity index (χ3n) is 10.2. The van der Waals surface area contributed by atoms with Gasteiger partial charge >= 0.3 is 18.1 Å². The van der Waals surface area contributed by atoms with Crippen molar-refractivity contribution in [3.8, 4) is 0 Å². The van der Waals surface area contributed by atoms with E-state index in [4.69, 9.17) is 28.4 Å². The Labute approximate surface area is 348 Å². The number of nitrogens with zero attached hydrogens (tertiary/aromatic N) is 1. The molecular formula is C47H85NO9. The van der Waals surface area contributed by atoms with Gasteiger partial charge in [0.25, 0.3) is 0 Å². The second kappa shape index (κ2) is 39.1. The first-order valence-electron chi connectivity index (χ1n) is 23.2. The molecular weight excluding hydrogens is 723 g/mol. The summed E-state index contributed by atoms with van der Waals surface area (Å²) in [4.78, 5) is 39.8. The van der Waals surface area contributed by atoms with Gasteiger partial charge in [-0.1, -0.05) is 141 Å². The summed E-state index contributed by atoms with van der Waals surface area (Å²) in [5.74, 6) is -1.21. The highest BCUT2D eigenvalue weighted by Gasteiger charge is 2.28. The van der Waals surface area contributed by atoms with Gasteiger partial charge in [0.05, 0.1) is 12.3 Å². The molecule has 10 nitrogen and oxygen atoms in total. The Morgan fingerprint density at radius 1 is 0.561 bits per heavy atom. The molecule has 0 spiro atoms. The Morgan fingerprint density at radius 2 is 1.02 bits per heavy atom. The molecule has 0 N–H and O–H groups in total. The van der Waals surface area contributed by atoms with E-state index in [1.54, 1.807) is 0 Å². The normalized spacial score (nSPS) is 14.1. The molecule has 0 saturated carbocycles. The molecule has 10 heteroatoms. The molecule has 0 radical (unpaired) electrons. The van der Waals surface area contributed by atoms with E-state index in [1.807, 2.05) is 11.9 Å². The summed E-state index contributed by atoms with van der Waals surface area (Å²) < 4.78 is 34.0. The van der Waals surface area contributed by atoms with E-state index >= 15 is 0 Å². The molecule has 57 heavy (non-hydrogen) atoms. The monoisotopic (exact) mass is 808 g/mol. The van der Waals surface area contributed by atoms with Gasteiger partial charge in [-0.25, -0.2) is 4.79 Å². The first-order valence-corrected chi connectivity index (χ1v) is 23.2. The van der Waals surface area contributed by atoms with E-state index in [0.717, 1.165) is 70.6 Å². The number of hydrogen-bond acceptors (Lipinski definition) is 10. The number of allylic oxidation sites excluding steroid dienone is 4. The van der Waals surface area contributed by atoms with Crippen LogP contribution in [-0.2, 0) is 38.0 Å². The lowest BCUT2D eigenvalue weighted by Gasteiger charge is -2.34. The molecule has 0 aromatic carbocycles. The summed E-state index contributed by atoms with van der Waals surface area (Å²) in [5, 5.41) is 0. The maximum absolute atomic E-state index is 12.9. The fraction of sp³-hybridized carbons (Fsp3) is 0.851. The summed E-state index contributed by atoms with van der Waals surface area (Å²) >= 11 is 0. The largest absolute Gasteiger partial charge is 0.508 e. The average Bonchev–Trinajstić information content (AvgIpc) is 3.19. The molecule has 0 aliphatic carbocycles. The van der Waals surface area contributed by atoms with Crippen molar-refractivity contribution in [1.82, 2.24) is 4.90 Å². The summed E-state index contributed by atoms with van der Waals surface area (Å²) in [7, 11) is 1.95. The Kier molecular flexibility index (Phi) is 36.0. The van der Waals surface area contributed by atoms with E-state index in [2.05, 4.69) is 45.1 Å². The predicted molar refractivity (Wildman–Crippen MR) is 230 cm³/mol. The number of esters is 2. The van der Waals surface area contributed by atoms with Crippen LogP contribution in [0.5, 0.6) is 0 Å². The minimum absolute atomic E-state index is 0.0167. The molecule has 1 fully saturated rings. The molecule has 1 heterocycles. The number of unbranched alkanes of at least 4 members (excludes halogenated alkanes) is 18.